The Balaban J connectivity index is 2.00. The second kappa shape index (κ2) is 7.78. The highest BCUT2D eigenvalue weighted by Crippen LogP contribution is 2.16. The second-order valence-electron chi connectivity index (χ2n) is 4.65. The molecule has 0 saturated heterocycles. The van der Waals surface area contributed by atoms with Crippen LogP contribution in [0.25, 0.3) is 0 Å². The first-order valence-electron chi connectivity index (χ1n) is 6.63. The summed E-state index contributed by atoms with van der Waals surface area (Å²) < 4.78 is 1.05. The predicted molar refractivity (Wildman–Crippen MR) is 85.7 cm³/mol. The summed E-state index contributed by atoms with van der Waals surface area (Å²) in [5, 5.41) is 5.78. The summed E-state index contributed by atoms with van der Waals surface area (Å²) in [4.78, 5) is 5.68. The highest BCUT2D eigenvalue weighted by molar-refractivity contribution is 9.10. The minimum atomic E-state index is 0.481. The van der Waals surface area contributed by atoms with Crippen LogP contribution in [0.5, 0.6) is 0 Å². The van der Waals surface area contributed by atoms with Gasteiger partial charge in [-0.1, -0.05) is 13.0 Å². The van der Waals surface area contributed by atoms with E-state index in [1.54, 1.807) is 0 Å². The maximum absolute atomic E-state index is 4.24. The van der Waals surface area contributed by atoms with Gasteiger partial charge in [0.2, 0.25) is 0 Å². The normalized spacial score (nSPS) is 12.5. The fourth-order valence-corrected chi connectivity index (χ4v) is 3.29. The van der Waals surface area contributed by atoms with Crippen molar-refractivity contribution < 1.29 is 0 Å². The minimum absolute atomic E-state index is 0.481. The zero-order valence-electron chi connectivity index (χ0n) is 11.1. The Bertz CT molecular complexity index is 485. The van der Waals surface area contributed by atoms with Crippen molar-refractivity contribution in [1.29, 1.82) is 0 Å². The summed E-state index contributed by atoms with van der Waals surface area (Å²) in [6, 6.07) is 6.97. The van der Waals surface area contributed by atoms with E-state index in [0.29, 0.717) is 6.04 Å². The Hall–Kier alpha value is -0.710. The topological polar surface area (TPSA) is 24.9 Å². The molecule has 2 aromatic rings. The van der Waals surface area contributed by atoms with E-state index in [4.69, 9.17) is 0 Å². The van der Waals surface area contributed by atoms with Gasteiger partial charge in [-0.3, -0.25) is 4.98 Å². The lowest BCUT2D eigenvalue weighted by Gasteiger charge is -2.18. The fraction of sp³-hybridized carbons (Fsp3) is 0.400. The third-order valence-electron chi connectivity index (χ3n) is 2.95. The molecule has 1 atom stereocenters. The molecule has 0 aliphatic heterocycles. The third kappa shape index (κ3) is 5.05. The fourth-order valence-electron chi connectivity index (χ4n) is 2.09. The Morgan fingerprint density at radius 3 is 2.95 bits per heavy atom. The molecule has 0 spiro atoms. The van der Waals surface area contributed by atoms with Crippen molar-refractivity contribution in [2.75, 3.05) is 6.54 Å². The number of hydrogen-bond donors (Lipinski definition) is 1. The summed E-state index contributed by atoms with van der Waals surface area (Å²) in [5.41, 5.74) is 1.28. The summed E-state index contributed by atoms with van der Waals surface area (Å²) in [6.07, 6.45) is 7.06. The van der Waals surface area contributed by atoms with Gasteiger partial charge in [-0.15, -0.1) is 11.3 Å². The molecule has 19 heavy (non-hydrogen) atoms. The van der Waals surface area contributed by atoms with Crippen molar-refractivity contribution in [3.8, 4) is 0 Å². The van der Waals surface area contributed by atoms with E-state index >= 15 is 0 Å². The summed E-state index contributed by atoms with van der Waals surface area (Å²) in [6.45, 7) is 3.27. The molecule has 2 heterocycles. The number of thiophene rings is 1. The molecule has 2 aromatic heterocycles. The van der Waals surface area contributed by atoms with Crippen molar-refractivity contribution in [2.45, 2.75) is 32.2 Å². The van der Waals surface area contributed by atoms with Crippen LogP contribution in [0.4, 0.5) is 0 Å². The quantitative estimate of drug-likeness (QED) is 0.823. The van der Waals surface area contributed by atoms with E-state index in [1.165, 1.54) is 10.4 Å². The first-order valence-corrected chi connectivity index (χ1v) is 8.30. The first-order chi connectivity index (χ1) is 9.28. The highest BCUT2D eigenvalue weighted by atomic mass is 79.9. The number of rotatable bonds is 7. The van der Waals surface area contributed by atoms with Crippen molar-refractivity contribution in [3.05, 3.63) is 50.9 Å². The molecule has 0 fully saturated rings. The van der Waals surface area contributed by atoms with Gasteiger partial charge in [0.1, 0.15) is 0 Å². The lowest BCUT2D eigenvalue weighted by atomic mass is 10.0. The van der Waals surface area contributed by atoms with Gasteiger partial charge < -0.3 is 5.32 Å². The lowest BCUT2D eigenvalue weighted by Crippen LogP contribution is -2.33. The lowest BCUT2D eigenvalue weighted by molar-refractivity contribution is 0.507. The summed E-state index contributed by atoms with van der Waals surface area (Å²) in [5.74, 6) is 0. The molecule has 0 bridgehead atoms. The van der Waals surface area contributed by atoms with Crippen LogP contribution in [0.15, 0.2) is 40.4 Å². The Morgan fingerprint density at radius 1 is 1.37 bits per heavy atom. The molecule has 2 rings (SSSR count). The van der Waals surface area contributed by atoms with Crippen LogP contribution in [0.3, 0.4) is 0 Å². The van der Waals surface area contributed by atoms with Crippen LogP contribution in [0, 0.1) is 0 Å². The zero-order chi connectivity index (χ0) is 13.5. The SMILES string of the molecule is CCCNC(Cc1cncc(Br)c1)Cc1cccs1. The predicted octanol–water partition coefficient (Wildman–Crippen LogP) is 4.06. The van der Waals surface area contributed by atoms with Gasteiger partial charge in [-0.2, -0.15) is 0 Å². The number of aromatic nitrogens is 1. The van der Waals surface area contributed by atoms with E-state index in [2.05, 4.69) is 56.7 Å². The summed E-state index contributed by atoms with van der Waals surface area (Å²) in [7, 11) is 0. The number of nitrogens with zero attached hydrogens (tertiary/aromatic N) is 1. The third-order valence-corrected chi connectivity index (χ3v) is 4.29. The van der Waals surface area contributed by atoms with Gasteiger partial charge >= 0.3 is 0 Å². The highest BCUT2D eigenvalue weighted by Gasteiger charge is 2.11. The molecule has 1 unspecified atom stereocenters. The van der Waals surface area contributed by atoms with E-state index < -0.39 is 0 Å². The maximum atomic E-state index is 4.24. The molecule has 102 valence electrons. The van der Waals surface area contributed by atoms with Crippen LogP contribution in [-0.2, 0) is 12.8 Å². The second-order valence-corrected chi connectivity index (χ2v) is 6.60. The molecular weight excluding hydrogens is 320 g/mol. The first kappa shape index (κ1) is 14.7. The van der Waals surface area contributed by atoms with Gasteiger partial charge in [0.25, 0.3) is 0 Å². The van der Waals surface area contributed by atoms with E-state index in [1.807, 2.05) is 23.7 Å². The smallest absolute Gasteiger partial charge is 0.0410 e. The van der Waals surface area contributed by atoms with Crippen molar-refractivity contribution in [1.82, 2.24) is 10.3 Å². The van der Waals surface area contributed by atoms with E-state index in [-0.39, 0.29) is 0 Å². The molecule has 1 N–H and O–H groups in total. The van der Waals surface area contributed by atoms with Crippen molar-refractivity contribution >= 4 is 27.3 Å². The Labute approximate surface area is 127 Å². The Morgan fingerprint density at radius 2 is 2.26 bits per heavy atom. The maximum Gasteiger partial charge on any atom is 0.0410 e. The van der Waals surface area contributed by atoms with Gasteiger partial charge in [0.15, 0.2) is 0 Å². The van der Waals surface area contributed by atoms with Gasteiger partial charge in [0.05, 0.1) is 0 Å². The molecule has 0 aliphatic carbocycles. The monoisotopic (exact) mass is 338 g/mol. The van der Waals surface area contributed by atoms with E-state index in [9.17, 15) is 0 Å². The van der Waals surface area contributed by atoms with E-state index in [0.717, 1.165) is 30.3 Å². The molecule has 2 nitrogen and oxygen atoms in total. The molecule has 0 amide bonds. The number of pyridine rings is 1. The number of hydrogen-bond acceptors (Lipinski definition) is 3. The number of nitrogens with one attached hydrogen (secondary N) is 1. The summed E-state index contributed by atoms with van der Waals surface area (Å²) >= 11 is 5.32. The largest absolute Gasteiger partial charge is 0.313 e. The van der Waals surface area contributed by atoms with Crippen LogP contribution >= 0.6 is 27.3 Å². The van der Waals surface area contributed by atoms with Crippen LogP contribution in [0.1, 0.15) is 23.8 Å². The standard InChI is InChI=1S/C15H19BrN2S/c1-2-5-18-14(9-15-4-3-6-19-15)8-12-7-13(16)11-17-10-12/h3-4,6-7,10-11,14,18H,2,5,8-9H2,1H3. The molecule has 0 aromatic carbocycles. The van der Waals surface area contributed by atoms with Gasteiger partial charge in [-0.25, -0.2) is 0 Å². The molecule has 0 aliphatic rings. The van der Waals surface area contributed by atoms with Gasteiger partial charge in [0, 0.05) is 27.8 Å². The molecule has 0 saturated carbocycles. The molecule has 0 radical (unpaired) electrons. The van der Waals surface area contributed by atoms with Crippen LogP contribution in [-0.4, -0.2) is 17.6 Å². The average molecular weight is 339 g/mol. The van der Waals surface area contributed by atoms with Gasteiger partial charge in [-0.05, 0) is 64.8 Å². The zero-order valence-corrected chi connectivity index (χ0v) is 13.5. The van der Waals surface area contributed by atoms with Crippen LogP contribution < -0.4 is 5.32 Å². The number of halogens is 1. The Kier molecular flexibility index (Phi) is 6.01. The van der Waals surface area contributed by atoms with Crippen molar-refractivity contribution in [3.63, 3.8) is 0 Å². The minimum Gasteiger partial charge on any atom is -0.313 e. The average Bonchev–Trinajstić information content (AvgIpc) is 2.89. The van der Waals surface area contributed by atoms with Crippen molar-refractivity contribution in [2.24, 2.45) is 0 Å². The molecule has 4 heteroatoms. The van der Waals surface area contributed by atoms with Crippen LogP contribution in [0.2, 0.25) is 0 Å². The molecular formula is C15H19BrN2S.